The number of hydrogen-bond acceptors (Lipinski definition) is 3. The van der Waals surface area contributed by atoms with Crippen molar-refractivity contribution in [1.29, 1.82) is 0 Å². The van der Waals surface area contributed by atoms with Crippen LogP contribution in [-0.4, -0.2) is 16.8 Å². The Morgan fingerprint density at radius 3 is 2.80 bits per heavy atom. The summed E-state index contributed by atoms with van der Waals surface area (Å²) in [5.41, 5.74) is 5.19. The number of amides is 2. The predicted molar refractivity (Wildman–Crippen MR) is 56.2 cm³/mol. The first-order chi connectivity index (χ1) is 7.09. The van der Waals surface area contributed by atoms with Crippen LogP contribution in [0.25, 0.3) is 0 Å². The van der Waals surface area contributed by atoms with Crippen LogP contribution in [0, 0.1) is 0 Å². The van der Waals surface area contributed by atoms with Gasteiger partial charge in [-0.15, -0.1) is 0 Å². The molecule has 0 spiro atoms. The maximum atomic E-state index is 11.2. The fourth-order valence-corrected chi connectivity index (χ4v) is 0.978. The smallest absolute Gasteiger partial charge is 0.248 e. The topological polar surface area (TPSA) is 85.1 Å². The zero-order chi connectivity index (χ0) is 11.3. The van der Waals surface area contributed by atoms with Gasteiger partial charge in [-0.1, -0.05) is 11.6 Å². The molecule has 78 valence electrons. The number of nitrogens with zero attached hydrogens (tertiary/aromatic N) is 1. The molecule has 1 heterocycles. The number of primary amides is 1. The summed E-state index contributed by atoms with van der Waals surface area (Å²) in [5, 5.41) is 2.62. The molecule has 0 aliphatic heterocycles. The average molecular weight is 226 g/mol. The minimum atomic E-state index is -0.692. The molecular formula is C9H8ClN3O2. The van der Waals surface area contributed by atoms with Gasteiger partial charge in [0.1, 0.15) is 0 Å². The minimum absolute atomic E-state index is 0.179. The van der Waals surface area contributed by atoms with Crippen molar-refractivity contribution in [3.05, 3.63) is 35.6 Å². The van der Waals surface area contributed by atoms with Crippen LogP contribution in [0.2, 0.25) is 5.15 Å². The summed E-state index contributed by atoms with van der Waals surface area (Å²) in [6.45, 7) is 0. The number of carbonyl (C=O) groups is 2. The molecule has 0 saturated heterocycles. The standard InChI is InChI=1S/C9H8ClN3O2/c10-9-6(2-1-5-12-9)13-8(15)4-3-7(11)14/h1-5H,(H2,11,14)(H,13,15)/b4-3-. The van der Waals surface area contributed by atoms with Crippen LogP contribution < -0.4 is 11.1 Å². The van der Waals surface area contributed by atoms with Crippen molar-refractivity contribution in [3.63, 3.8) is 0 Å². The third-order valence-corrected chi connectivity index (χ3v) is 1.72. The molecule has 3 N–H and O–H groups in total. The van der Waals surface area contributed by atoms with Gasteiger partial charge in [-0.3, -0.25) is 9.59 Å². The lowest BCUT2D eigenvalue weighted by atomic mass is 10.4. The number of hydrogen-bond donors (Lipinski definition) is 2. The Hall–Kier alpha value is -1.88. The van der Waals surface area contributed by atoms with E-state index in [2.05, 4.69) is 10.3 Å². The molecule has 1 aromatic heterocycles. The lowest BCUT2D eigenvalue weighted by Gasteiger charge is -2.02. The van der Waals surface area contributed by atoms with E-state index in [0.717, 1.165) is 12.2 Å². The van der Waals surface area contributed by atoms with E-state index in [9.17, 15) is 9.59 Å². The zero-order valence-corrected chi connectivity index (χ0v) is 8.36. The average Bonchev–Trinajstić information content (AvgIpc) is 2.18. The van der Waals surface area contributed by atoms with Crippen LogP contribution in [0.4, 0.5) is 5.69 Å². The molecule has 0 aliphatic rings. The molecule has 0 aliphatic carbocycles. The SMILES string of the molecule is NC(=O)/C=C\C(=O)Nc1cccnc1Cl. The highest BCUT2D eigenvalue weighted by molar-refractivity contribution is 6.32. The van der Waals surface area contributed by atoms with Crippen molar-refractivity contribution in [2.45, 2.75) is 0 Å². The highest BCUT2D eigenvalue weighted by atomic mass is 35.5. The second kappa shape index (κ2) is 5.11. The van der Waals surface area contributed by atoms with Gasteiger partial charge in [0.15, 0.2) is 5.15 Å². The Balaban J connectivity index is 2.67. The summed E-state index contributed by atoms with van der Waals surface area (Å²) in [5.74, 6) is -1.19. The molecular weight excluding hydrogens is 218 g/mol. The molecule has 5 nitrogen and oxygen atoms in total. The first-order valence-electron chi connectivity index (χ1n) is 3.98. The highest BCUT2D eigenvalue weighted by Crippen LogP contribution is 2.16. The van der Waals surface area contributed by atoms with E-state index in [4.69, 9.17) is 17.3 Å². The van der Waals surface area contributed by atoms with Gasteiger partial charge in [0.05, 0.1) is 5.69 Å². The van der Waals surface area contributed by atoms with E-state index in [1.807, 2.05) is 0 Å². The van der Waals surface area contributed by atoms with Crippen LogP contribution >= 0.6 is 11.6 Å². The molecule has 1 rings (SSSR count). The second-order valence-corrected chi connectivity index (χ2v) is 2.92. The molecule has 0 radical (unpaired) electrons. The summed E-state index contributed by atoms with van der Waals surface area (Å²) >= 11 is 5.69. The molecule has 0 fully saturated rings. The van der Waals surface area contributed by atoms with Crippen molar-refractivity contribution in [2.24, 2.45) is 5.73 Å². The number of rotatable bonds is 3. The first-order valence-corrected chi connectivity index (χ1v) is 4.36. The maximum Gasteiger partial charge on any atom is 0.248 e. The Labute approximate surface area is 90.9 Å². The number of halogens is 1. The Morgan fingerprint density at radius 1 is 1.47 bits per heavy atom. The number of pyridine rings is 1. The third kappa shape index (κ3) is 3.78. The lowest BCUT2D eigenvalue weighted by molar-refractivity contribution is -0.115. The number of carbonyl (C=O) groups excluding carboxylic acids is 2. The molecule has 15 heavy (non-hydrogen) atoms. The van der Waals surface area contributed by atoms with Crippen LogP contribution in [-0.2, 0) is 9.59 Å². The van der Waals surface area contributed by atoms with Crippen LogP contribution in [0.1, 0.15) is 0 Å². The van der Waals surface area contributed by atoms with E-state index in [1.54, 1.807) is 12.1 Å². The van der Waals surface area contributed by atoms with Gasteiger partial charge in [-0.2, -0.15) is 0 Å². The van der Waals surface area contributed by atoms with Crippen LogP contribution in [0.5, 0.6) is 0 Å². The fraction of sp³-hybridized carbons (Fsp3) is 0. The quantitative estimate of drug-likeness (QED) is 0.587. The van der Waals surface area contributed by atoms with Gasteiger partial charge in [-0.05, 0) is 12.1 Å². The molecule has 0 aromatic carbocycles. The van der Waals surface area contributed by atoms with Crippen molar-refractivity contribution in [3.8, 4) is 0 Å². The molecule has 0 bridgehead atoms. The molecule has 0 atom stereocenters. The van der Waals surface area contributed by atoms with Crippen LogP contribution in [0.3, 0.4) is 0 Å². The van der Waals surface area contributed by atoms with E-state index in [1.165, 1.54) is 6.20 Å². The van der Waals surface area contributed by atoms with Crippen molar-refractivity contribution in [2.75, 3.05) is 5.32 Å². The first kappa shape index (κ1) is 11.2. The van der Waals surface area contributed by atoms with Crippen LogP contribution in [0.15, 0.2) is 30.5 Å². The summed E-state index contributed by atoms with van der Waals surface area (Å²) < 4.78 is 0. The summed E-state index contributed by atoms with van der Waals surface area (Å²) in [4.78, 5) is 25.3. The highest BCUT2D eigenvalue weighted by Gasteiger charge is 2.02. The molecule has 0 unspecified atom stereocenters. The Morgan fingerprint density at radius 2 is 2.20 bits per heavy atom. The summed E-state index contributed by atoms with van der Waals surface area (Å²) in [7, 11) is 0. The van der Waals surface area contributed by atoms with Crippen molar-refractivity contribution in [1.82, 2.24) is 4.98 Å². The van der Waals surface area contributed by atoms with E-state index < -0.39 is 11.8 Å². The predicted octanol–water partition coefficient (Wildman–Crippen LogP) is 0.715. The van der Waals surface area contributed by atoms with Gasteiger partial charge >= 0.3 is 0 Å². The van der Waals surface area contributed by atoms with Gasteiger partial charge < -0.3 is 11.1 Å². The second-order valence-electron chi connectivity index (χ2n) is 2.57. The van der Waals surface area contributed by atoms with Gasteiger partial charge in [0.25, 0.3) is 0 Å². The Bertz CT molecular complexity index is 418. The maximum absolute atomic E-state index is 11.2. The summed E-state index contributed by atoms with van der Waals surface area (Å²) in [6, 6.07) is 3.21. The number of nitrogens with one attached hydrogen (secondary N) is 1. The Kier molecular flexibility index (Phi) is 3.82. The number of aromatic nitrogens is 1. The van der Waals surface area contributed by atoms with Gasteiger partial charge in [0, 0.05) is 18.3 Å². The molecule has 1 aromatic rings. The van der Waals surface area contributed by atoms with Gasteiger partial charge in [-0.25, -0.2) is 4.98 Å². The van der Waals surface area contributed by atoms with Crippen molar-refractivity contribution >= 4 is 29.1 Å². The monoisotopic (exact) mass is 225 g/mol. The molecule has 2 amide bonds. The molecule has 0 saturated carbocycles. The van der Waals surface area contributed by atoms with E-state index in [-0.39, 0.29) is 5.15 Å². The zero-order valence-electron chi connectivity index (χ0n) is 7.61. The van der Waals surface area contributed by atoms with Crippen molar-refractivity contribution < 1.29 is 9.59 Å². The normalized spacial score (nSPS) is 10.2. The summed E-state index contributed by atoms with van der Waals surface area (Å²) in [6.07, 6.45) is 3.47. The number of nitrogens with two attached hydrogens (primary N) is 1. The lowest BCUT2D eigenvalue weighted by Crippen LogP contribution is -2.11. The largest absolute Gasteiger partial charge is 0.366 e. The van der Waals surface area contributed by atoms with E-state index >= 15 is 0 Å². The molecule has 6 heteroatoms. The van der Waals surface area contributed by atoms with E-state index in [0.29, 0.717) is 5.69 Å². The minimum Gasteiger partial charge on any atom is -0.366 e. The van der Waals surface area contributed by atoms with Gasteiger partial charge in [0.2, 0.25) is 11.8 Å². The third-order valence-electron chi connectivity index (χ3n) is 1.42. The fourth-order valence-electron chi connectivity index (χ4n) is 0.811. The number of anilines is 1.